The Bertz CT molecular complexity index is 464. The van der Waals surface area contributed by atoms with Gasteiger partial charge in [0.2, 0.25) is 0 Å². The third-order valence-corrected chi connectivity index (χ3v) is 3.74. The number of ether oxygens (including phenoxy) is 1. The summed E-state index contributed by atoms with van der Waals surface area (Å²) < 4.78 is 43.8. The molecule has 3 rings (SSSR count). The first-order valence-corrected chi connectivity index (χ1v) is 6.08. The third-order valence-electron chi connectivity index (χ3n) is 3.74. The van der Waals surface area contributed by atoms with Gasteiger partial charge in [0.15, 0.2) is 0 Å². The van der Waals surface area contributed by atoms with Crippen LogP contribution in [0.4, 0.5) is 13.2 Å². The van der Waals surface area contributed by atoms with E-state index in [0.29, 0.717) is 17.7 Å². The van der Waals surface area contributed by atoms with Crippen molar-refractivity contribution in [3.8, 4) is 5.75 Å². The second-order valence-corrected chi connectivity index (χ2v) is 5.03. The lowest BCUT2D eigenvalue weighted by Crippen LogP contribution is -2.45. The lowest BCUT2D eigenvalue weighted by molar-refractivity contribution is -0.137. The number of rotatable bonds is 0. The number of piperidine rings is 1. The molecule has 0 aliphatic carbocycles. The Hall–Kier alpha value is -1.23. The van der Waals surface area contributed by atoms with Crippen molar-refractivity contribution in [3.05, 3.63) is 29.3 Å². The van der Waals surface area contributed by atoms with Crippen molar-refractivity contribution in [2.24, 2.45) is 0 Å². The fraction of sp³-hybridized carbons (Fsp3) is 0.538. The minimum atomic E-state index is -4.28. The fourth-order valence-electron chi connectivity index (χ4n) is 2.77. The summed E-state index contributed by atoms with van der Waals surface area (Å²) in [6.07, 6.45) is -1.99. The van der Waals surface area contributed by atoms with Gasteiger partial charge in [0.1, 0.15) is 11.4 Å². The van der Waals surface area contributed by atoms with Gasteiger partial charge < -0.3 is 10.1 Å². The SMILES string of the molecule is FC(F)(F)c1ccc2c(c1)CC1(CCNCC1)O2. The van der Waals surface area contributed by atoms with Crippen LogP contribution in [-0.2, 0) is 12.6 Å². The van der Waals surface area contributed by atoms with Gasteiger partial charge >= 0.3 is 6.18 Å². The highest BCUT2D eigenvalue weighted by Crippen LogP contribution is 2.42. The van der Waals surface area contributed by atoms with E-state index in [4.69, 9.17) is 4.74 Å². The first kappa shape index (κ1) is 11.8. The topological polar surface area (TPSA) is 21.3 Å². The van der Waals surface area contributed by atoms with Gasteiger partial charge in [0.05, 0.1) is 5.56 Å². The normalized spacial score (nSPS) is 21.7. The molecule has 0 atom stereocenters. The second-order valence-electron chi connectivity index (χ2n) is 5.03. The van der Waals surface area contributed by atoms with Gasteiger partial charge in [-0.25, -0.2) is 0 Å². The zero-order valence-electron chi connectivity index (χ0n) is 9.81. The summed E-state index contributed by atoms with van der Waals surface area (Å²) >= 11 is 0. The third kappa shape index (κ3) is 1.96. The Balaban J connectivity index is 1.89. The molecule has 0 bridgehead atoms. The predicted molar refractivity (Wildman–Crippen MR) is 60.6 cm³/mol. The Morgan fingerprint density at radius 3 is 2.56 bits per heavy atom. The molecule has 1 fully saturated rings. The standard InChI is InChI=1S/C13H14F3NO/c14-13(15,16)10-1-2-11-9(7-10)8-12(18-11)3-5-17-6-4-12/h1-2,7,17H,3-6,8H2. The van der Waals surface area contributed by atoms with Gasteiger partial charge in [-0.2, -0.15) is 13.2 Å². The zero-order chi connectivity index (χ0) is 12.8. The van der Waals surface area contributed by atoms with Gasteiger partial charge in [0, 0.05) is 6.42 Å². The molecule has 1 spiro atoms. The monoisotopic (exact) mass is 257 g/mol. The van der Waals surface area contributed by atoms with Crippen molar-refractivity contribution in [1.29, 1.82) is 0 Å². The molecular formula is C13H14F3NO. The van der Waals surface area contributed by atoms with E-state index in [1.807, 2.05) is 0 Å². The van der Waals surface area contributed by atoms with Crippen LogP contribution in [0.1, 0.15) is 24.0 Å². The molecule has 5 heteroatoms. The molecule has 0 aromatic heterocycles. The van der Waals surface area contributed by atoms with Crippen LogP contribution in [0.3, 0.4) is 0 Å². The molecule has 0 amide bonds. The molecule has 1 aromatic carbocycles. The summed E-state index contributed by atoms with van der Waals surface area (Å²) in [6, 6.07) is 3.78. The minimum Gasteiger partial charge on any atom is -0.487 e. The Morgan fingerprint density at radius 2 is 1.89 bits per heavy atom. The number of benzene rings is 1. The molecule has 2 aliphatic heterocycles. The second kappa shape index (κ2) is 3.88. The number of fused-ring (bicyclic) bond motifs is 1. The first-order valence-electron chi connectivity index (χ1n) is 6.08. The highest BCUT2D eigenvalue weighted by molar-refractivity contribution is 5.43. The van der Waals surface area contributed by atoms with Crippen LogP contribution in [0.15, 0.2) is 18.2 Å². The lowest BCUT2D eigenvalue weighted by Gasteiger charge is -2.33. The number of hydrogen-bond acceptors (Lipinski definition) is 2. The molecule has 2 nitrogen and oxygen atoms in total. The number of hydrogen-bond donors (Lipinski definition) is 1. The molecule has 1 aromatic rings. The van der Waals surface area contributed by atoms with Crippen molar-refractivity contribution in [2.75, 3.05) is 13.1 Å². The summed E-state index contributed by atoms with van der Waals surface area (Å²) in [7, 11) is 0. The lowest BCUT2D eigenvalue weighted by atomic mass is 9.87. The quantitative estimate of drug-likeness (QED) is 0.771. The van der Waals surface area contributed by atoms with E-state index in [1.54, 1.807) is 0 Å². The molecular weight excluding hydrogens is 243 g/mol. The van der Waals surface area contributed by atoms with Crippen molar-refractivity contribution < 1.29 is 17.9 Å². The van der Waals surface area contributed by atoms with Crippen molar-refractivity contribution in [2.45, 2.75) is 31.0 Å². The van der Waals surface area contributed by atoms with Gasteiger partial charge in [-0.3, -0.25) is 0 Å². The Morgan fingerprint density at radius 1 is 1.17 bits per heavy atom. The van der Waals surface area contributed by atoms with Crippen LogP contribution in [-0.4, -0.2) is 18.7 Å². The van der Waals surface area contributed by atoms with Crippen molar-refractivity contribution >= 4 is 0 Å². The van der Waals surface area contributed by atoms with Crippen molar-refractivity contribution in [1.82, 2.24) is 5.32 Å². The fourth-order valence-corrected chi connectivity index (χ4v) is 2.77. The molecule has 1 saturated heterocycles. The molecule has 0 radical (unpaired) electrons. The van der Waals surface area contributed by atoms with E-state index in [-0.39, 0.29) is 5.60 Å². The van der Waals surface area contributed by atoms with E-state index in [0.717, 1.165) is 32.0 Å². The summed E-state index contributed by atoms with van der Waals surface area (Å²) in [4.78, 5) is 0. The average molecular weight is 257 g/mol. The van der Waals surface area contributed by atoms with Crippen LogP contribution in [0.2, 0.25) is 0 Å². The number of alkyl halides is 3. The average Bonchev–Trinajstić information content (AvgIpc) is 2.65. The van der Waals surface area contributed by atoms with Gasteiger partial charge in [-0.1, -0.05) is 0 Å². The largest absolute Gasteiger partial charge is 0.487 e. The maximum Gasteiger partial charge on any atom is 0.416 e. The maximum atomic E-state index is 12.6. The van der Waals surface area contributed by atoms with E-state index >= 15 is 0 Å². The van der Waals surface area contributed by atoms with E-state index in [9.17, 15) is 13.2 Å². The molecule has 2 aliphatic rings. The Kier molecular flexibility index (Phi) is 2.55. The van der Waals surface area contributed by atoms with Gasteiger partial charge in [-0.05, 0) is 49.7 Å². The molecule has 0 saturated carbocycles. The number of halogens is 3. The molecule has 18 heavy (non-hydrogen) atoms. The van der Waals surface area contributed by atoms with Crippen LogP contribution in [0.5, 0.6) is 5.75 Å². The first-order chi connectivity index (χ1) is 8.49. The summed E-state index contributed by atoms with van der Waals surface area (Å²) in [5.41, 5.74) is -0.180. The summed E-state index contributed by atoms with van der Waals surface area (Å²) in [5, 5.41) is 3.24. The van der Waals surface area contributed by atoms with Gasteiger partial charge in [-0.15, -0.1) is 0 Å². The van der Waals surface area contributed by atoms with Crippen molar-refractivity contribution in [3.63, 3.8) is 0 Å². The van der Waals surface area contributed by atoms with E-state index < -0.39 is 11.7 Å². The van der Waals surface area contributed by atoms with Crippen LogP contribution < -0.4 is 10.1 Å². The summed E-state index contributed by atoms with van der Waals surface area (Å²) in [6.45, 7) is 1.72. The zero-order valence-corrected chi connectivity index (χ0v) is 9.81. The molecule has 2 heterocycles. The summed E-state index contributed by atoms with van der Waals surface area (Å²) in [5.74, 6) is 0.616. The smallest absolute Gasteiger partial charge is 0.416 e. The van der Waals surface area contributed by atoms with Crippen LogP contribution in [0.25, 0.3) is 0 Å². The van der Waals surface area contributed by atoms with Crippen LogP contribution in [0, 0.1) is 0 Å². The van der Waals surface area contributed by atoms with Gasteiger partial charge in [0.25, 0.3) is 0 Å². The van der Waals surface area contributed by atoms with E-state index in [1.165, 1.54) is 12.1 Å². The highest BCUT2D eigenvalue weighted by atomic mass is 19.4. The Labute approximate surface area is 103 Å². The number of nitrogens with one attached hydrogen (secondary N) is 1. The maximum absolute atomic E-state index is 12.6. The predicted octanol–water partition coefficient (Wildman–Crippen LogP) is 2.76. The minimum absolute atomic E-state index is 0.280. The molecule has 0 unspecified atom stereocenters. The van der Waals surface area contributed by atoms with Crippen LogP contribution >= 0.6 is 0 Å². The molecule has 1 N–H and O–H groups in total. The highest BCUT2D eigenvalue weighted by Gasteiger charge is 2.41. The molecule has 98 valence electrons. The van der Waals surface area contributed by atoms with E-state index in [2.05, 4.69) is 5.32 Å².